The van der Waals surface area contributed by atoms with Gasteiger partial charge >= 0.3 is 0 Å². The van der Waals surface area contributed by atoms with Crippen molar-refractivity contribution in [3.8, 4) is 0 Å². The molecule has 0 bridgehead atoms. The molecule has 0 aromatic heterocycles. The van der Waals surface area contributed by atoms with E-state index in [0.717, 1.165) is 5.56 Å². The molecule has 2 N–H and O–H groups in total. The van der Waals surface area contributed by atoms with Crippen LogP contribution in [0, 0.1) is 10.1 Å². The Morgan fingerprint density at radius 3 is 2.42 bits per heavy atom. The summed E-state index contributed by atoms with van der Waals surface area (Å²) >= 11 is 0. The Bertz CT molecular complexity index is 742. The largest absolute Gasteiger partial charge is 0.396 e. The van der Waals surface area contributed by atoms with Gasteiger partial charge in [0.25, 0.3) is 11.6 Å². The van der Waals surface area contributed by atoms with Crippen LogP contribution in [0.3, 0.4) is 0 Å². The molecule has 2 aromatic carbocycles. The first-order chi connectivity index (χ1) is 11.4. The second-order valence-corrected chi connectivity index (χ2v) is 5.48. The van der Waals surface area contributed by atoms with Crippen molar-refractivity contribution in [3.05, 3.63) is 63.7 Å². The summed E-state index contributed by atoms with van der Waals surface area (Å²) in [5, 5.41) is 23.2. The van der Waals surface area contributed by atoms with Crippen LogP contribution in [0.1, 0.15) is 15.9 Å². The molecule has 0 radical (unpaired) electrons. The van der Waals surface area contributed by atoms with Gasteiger partial charge in [0.15, 0.2) is 0 Å². The molecule has 0 fully saturated rings. The van der Waals surface area contributed by atoms with Gasteiger partial charge in [0.05, 0.1) is 4.92 Å². The highest BCUT2D eigenvalue weighted by molar-refractivity contribution is 5.95. The van der Waals surface area contributed by atoms with Crippen LogP contribution in [-0.4, -0.2) is 41.5 Å². The van der Waals surface area contributed by atoms with Crippen molar-refractivity contribution >= 4 is 23.0 Å². The first kappa shape index (κ1) is 17.4. The van der Waals surface area contributed by atoms with Crippen LogP contribution in [-0.2, 0) is 6.42 Å². The van der Waals surface area contributed by atoms with E-state index >= 15 is 0 Å². The topological polar surface area (TPSA) is 95.7 Å². The number of hydrogen-bond donors (Lipinski definition) is 2. The van der Waals surface area contributed by atoms with Crippen LogP contribution in [0.25, 0.3) is 0 Å². The zero-order chi connectivity index (χ0) is 17.7. The highest BCUT2D eigenvalue weighted by Gasteiger charge is 2.18. The van der Waals surface area contributed by atoms with Crippen LogP contribution in [0.4, 0.5) is 17.1 Å². The van der Waals surface area contributed by atoms with Crippen molar-refractivity contribution in [2.75, 3.05) is 26.0 Å². The summed E-state index contributed by atoms with van der Waals surface area (Å²) < 4.78 is 0. The van der Waals surface area contributed by atoms with E-state index in [1.165, 1.54) is 17.0 Å². The van der Waals surface area contributed by atoms with Crippen LogP contribution in [0.2, 0.25) is 0 Å². The maximum atomic E-state index is 12.0. The SMILES string of the molecule is CN(C)C(=O)c1ccc(Nc2ccc(CCO)cc2)c([N+](=O)[O-])c1. The van der Waals surface area contributed by atoms with Crippen LogP contribution in [0.15, 0.2) is 42.5 Å². The molecule has 2 rings (SSSR count). The summed E-state index contributed by atoms with van der Waals surface area (Å²) in [5.41, 5.74) is 2.07. The van der Waals surface area contributed by atoms with Gasteiger partial charge in [-0.05, 0) is 36.2 Å². The number of aliphatic hydroxyl groups excluding tert-OH is 1. The Morgan fingerprint density at radius 1 is 1.21 bits per heavy atom. The fourth-order valence-corrected chi connectivity index (χ4v) is 2.22. The minimum absolute atomic E-state index is 0.0691. The summed E-state index contributed by atoms with van der Waals surface area (Å²) in [6, 6.07) is 11.6. The number of hydrogen-bond acceptors (Lipinski definition) is 5. The molecule has 7 heteroatoms. The Balaban J connectivity index is 2.29. The number of carbonyl (C=O) groups is 1. The number of rotatable bonds is 6. The van der Waals surface area contributed by atoms with E-state index in [0.29, 0.717) is 17.8 Å². The predicted octanol–water partition coefficient (Wildman–Crippen LogP) is 2.58. The number of nitrogens with zero attached hydrogens (tertiary/aromatic N) is 2. The number of aliphatic hydroxyl groups is 1. The maximum Gasteiger partial charge on any atom is 0.293 e. The summed E-state index contributed by atoms with van der Waals surface area (Å²) in [5.74, 6) is -0.294. The molecular weight excluding hydrogens is 310 g/mol. The zero-order valence-electron chi connectivity index (χ0n) is 13.5. The monoisotopic (exact) mass is 329 g/mol. The number of carbonyl (C=O) groups excluding carboxylic acids is 1. The molecule has 1 amide bonds. The smallest absolute Gasteiger partial charge is 0.293 e. The number of amides is 1. The minimum atomic E-state index is -0.519. The maximum absolute atomic E-state index is 12.0. The molecule has 0 atom stereocenters. The van der Waals surface area contributed by atoms with Crippen molar-refractivity contribution in [2.45, 2.75) is 6.42 Å². The quantitative estimate of drug-likeness (QED) is 0.627. The number of nitrogens with one attached hydrogen (secondary N) is 1. The first-order valence-electron chi connectivity index (χ1n) is 7.39. The Labute approximate surface area is 139 Å². The number of nitro benzene ring substituents is 1. The van der Waals surface area contributed by atoms with E-state index < -0.39 is 4.92 Å². The third-order valence-electron chi connectivity index (χ3n) is 3.48. The molecule has 0 heterocycles. The number of nitro groups is 1. The highest BCUT2D eigenvalue weighted by atomic mass is 16.6. The van der Waals surface area contributed by atoms with Gasteiger partial charge < -0.3 is 15.3 Å². The average Bonchev–Trinajstić information content (AvgIpc) is 2.56. The van der Waals surface area contributed by atoms with E-state index in [1.807, 2.05) is 12.1 Å². The molecule has 0 aliphatic rings. The molecule has 126 valence electrons. The Kier molecular flexibility index (Phi) is 5.49. The van der Waals surface area contributed by atoms with Gasteiger partial charge in [0.1, 0.15) is 5.69 Å². The number of benzene rings is 2. The van der Waals surface area contributed by atoms with Crippen molar-refractivity contribution in [1.29, 1.82) is 0 Å². The fraction of sp³-hybridized carbons (Fsp3) is 0.235. The van der Waals surface area contributed by atoms with Crippen molar-refractivity contribution < 1.29 is 14.8 Å². The third-order valence-corrected chi connectivity index (χ3v) is 3.48. The highest BCUT2D eigenvalue weighted by Crippen LogP contribution is 2.29. The molecule has 0 unspecified atom stereocenters. The van der Waals surface area contributed by atoms with E-state index in [1.54, 1.807) is 32.3 Å². The first-order valence-corrected chi connectivity index (χ1v) is 7.39. The van der Waals surface area contributed by atoms with Crippen LogP contribution >= 0.6 is 0 Å². The van der Waals surface area contributed by atoms with Crippen molar-refractivity contribution in [2.24, 2.45) is 0 Å². The van der Waals surface area contributed by atoms with Gasteiger partial charge in [-0.25, -0.2) is 0 Å². The van der Waals surface area contributed by atoms with Crippen LogP contribution in [0.5, 0.6) is 0 Å². The second kappa shape index (κ2) is 7.56. The minimum Gasteiger partial charge on any atom is -0.396 e. The summed E-state index contributed by atoms with van der Waals surface area (Å²) in [6.45, 7) is 0.0691. The standard InChI is InChI=1S/C17H19N3O4/c1-19(2)17(22)13-5-8-15(16(11-13)20(23)24)18-14-6-3-12(4-7-14)9-10-21/h3-8,11,18,21H,9-10H2,1-2H3. The summed E-state index contributed by atoms with van der Waals surface area (Å²) in [6.07, 6.45) is 0.557. The van der Waals surface area contributed by atoms with E-state index in [9.17, 15) is 14.9 Å². The summed E-state index contributed by atoms with van der Waals surface area (Å²) in [7, 11) is 3.18. The van der Waals surface area contributed by atoms with Crippen molar-refractivity contribution in [3.63, 3.8) is 0 Å². The molecule has 0 aliphatic heterocycles. The Hall–Kier alpha value is -2.93. The average molecular weight is 329 g/mol. The zero-order valence-corrected chi connectivity index (χ0v) is 13.5. The number of anilines is 2. The predicted molar refractivity (Wildman–Crippen MR) is 91.6 cm³/mol. The molecule has 2 aromatic rings. The fourth-order valence-electron chi connectivity index (χ4n) is 2.22. The molecule has 0 saturated heterocycles. The third kappa shape index (κ3) is 4.08. The van der Waals surface area contributed by atoms with Gasteiger partial charge in [0, 0.05) is 38.0 Å². The Morgan fingerprint density at radius 2 is 1.88 bits per heavy atom. The lowest BCUT2D eigenvalue weighted by molar-refractivity contribution is -0.383. The van der Waals surface area contributed by atoms with Gasteiger partial charge in [-0.1, -0.05) is 12.1 Å². The molecule has 7 nitrogen and oxygen atoms in total. The van der Waals surface area contributed by atoms with Gasteiger partial charge in [-0.2, -0.15) is 0 Å². The van der Waals surface area contributed by atoms with E-state index in [2.05, 4.69) is 5.32 Å². The lowest BCUT2D eigenvalue weighted by Crippen LogP contribution is -2.21. The summed E-state index contributed by atoms with van der Waals surface area (Å²) in [4.78, 5) is 24.1. The van der Waals surface area contributed by atoms with Crippen molar-refractivity contribution in [1.82, 2.24) is 4.90 Å². The van der Waals surface area contributed by atoms with Gasteiger partial charge in [-0.3, -0.25) is 14.9 Å². The van der Waals surface area contributed by atoms with Crippen LogP contribution < -0.4 is 5.32 Å². The van der Waals surface area contributed by atoms with E-state index in [4.69, 9.17) is 5.11 Å². The molecular formula is C17H19N3O4. The molecule has 0 saturated carbocycles. The van der Waals surface area contributed by atoms with Gasteiger partial charge in [-0.15, -0.1) is 0 Å². The lowest BCUT2D eigenvalue weighted by Gasteiger charge is -2.12. The van der Waals surface area contributed by atoms with E-state index in [-0.39, 0.29) is 23.8 Å². The second-order valence-electron chi connectivity index (χ2n) is 5.48. The lowest BCUT2D eigenvalue weighted by atomic mass is 10.1. The normalized spacial score (nSPS) is 10.3. The van der Waals surface area contributed by atoms with Gasteiger partial charge in [0.2, 0.25) is 0 Å². The molecule has 0 spiro atoms. The molecule has 24 heavy (non-hydrogen) atoms. The molecule has 0 aliphatic carbocycles.